The SMILES string of the molecule is CCc1nnc(C)cc1C(O)C1=CCCO1. The van der Waals surface area contributed by atoms with Crippen LogP contribution in [0.1, 0.15) is 36.4 Å². The van der Waals surface area contributed by atoms with Crippen molar-refractivity contribution in [2.24, 2.45) is 0 Å². The minimum atomic E-state index is -0.702. The minimum absolute atomic E-state index is 0.641. The van der Waals surface area contributed by atoms with Crippen molar-refractivity contribution in [2.75, 3.05) is 6.61 Å². The highest BCUT2D eigenvalue weighted by Gasteiger charge is 2.21. The molecule has 2 heterocycles. The Morgan fingerprint density at radius 2 is 2.31 bits per heavy atom. The Hall–Kier alpha value is -1.42. The average molecular weight is 220 g/mol. The van der Waals surface area contributed by atoms with Crippen LogP contribution in [0.5, 0.6) is 0 Å². The summed E-state index contributed by atoms with van der Waals surface area (Å²) >= 11 is 0. The first-order chi connectivity index (χ1) is 7.72. The molecule has 1 atom stereocenters. The fourth-order valence-corrected chi connectivity index (χ4v) is 1.83. The van der Waals surface area contributed by atoms with Gasteiger partial charge in [0.1, 0.15) is 11.9 Å². The fraction of sp³-hybridized carbons (Fsp3) is 0.500. The van der Waals surface area contributed by atoms with E-state index in [-0.39, 0.29) is 0 Å². The maximum absolute atomic E-state index is 10.2. The number of aryl methyl sites for hydroxylation is 2. The summed E-state index contributed by atoms with van der Waals surface area (Å²) in [6, 6.07) is 1.87. The monoisotopic (exact) mass is 220 g/mol. The van der Waals surface area contributed by atoms with Crippen molar-refractivity contribution in [2.45, 2.75) is 32.8 Å². The van der Waals surface area contributed by atoms with Crippen LogP contribution in [0.4, 0.5) is 0 Å². The zero-order valence-electron chi connectivity index (χ0n) is 9.60. The Kier molecular flexibility index (Phi) is 3.19. The summed E-state index contributed by atoms with van der Waals surface area (Å²) in [7, 11) is 0. The third-order valence-corrected chi connectivity index (χ3v) is 2.66. The Labute approximate surface area is 95.0 Å². The molecular weight excluding hydrogens is 204 g/mol. The first kappa shape index (κ1) is 11.1. The molecule has 1 aliphatic rings. The van der Waals surface area contributed by atoms with E-state index in [1.165, 1.54) is 0 Å². The normalized spacial score (nSPS) is 16.8. The van der Waals surface area contributed by atoms with Crippen LogP contribution in [-0.2, 0) is 11.2 Å². The highest BCUT2D eigenvalue weighted by Crippen LogP contribution is 2.28. The van der Waals surface area contributed by atoms with E-state index in [1.807, 2.05) is 26.0 Å². The van der Waals surface area contributed by atoms with E-state index in [0.717, 1.165) is 29.8 Å². The van der Waals surface area contributed by atoms with Gasteiger partial charge in [-0.15, -0.1) is 0 Å². The van der Waals surface area contributed by atoms with E-state index in [4.69, 9.17) is 4.74 Å². The van der Waals surface area contributed by atoms with E-state index >= 15 is 0 Å². The van der Waals surface area contributed by atoms with Gasteiger partial charge in [-0.1, -0.05) is 6.92 Å². The molecule has 4 heteroatoms. The maximum Gasteiger partial charge on any atom is 0.138 e. The summed E-state index contributed by atoms with van der Waals surface area (Å²) in [5.74, 6) is 0.641. The predicted molar refractivity (Wildman–Crippen MR) is 59.8 cm³/mol. The van der Waals surface area contributed by atoms with Crippen LogP contribution in [0, 0.1) is 6.92 Å². The molecule has 4 nitrogen and oxygen atoms in total. The molecule has 0 saturated carbocycles. The lowest BCUT2D eigenvalue weighted by Gasteiger charge is -2.15. The van der Waals surface area contributed by atoms with E-state index in [1.54, 1.807) is 0 Å². The van der Waals surface area contributed by atoms with Crippen molar-refractivity contribution >= 4 is 0 Å². The molecule has 1 aromatic heterocycles. The van der Waals surface area contributed by atoms with Gasteiger partial charge in [-0.25, -0.2) is 0 Å². The number of rotatable bonds is 3. The second-order valence-electron chi connectivity index (χ2n) is 3.89. The van der Waals surface area contributed by atoms with Gasteiger partial charge in [-0.05, 0) is 25.5 Å². The van der Waals surface area contributed by atoms with Crippen molar-refractivity contribution in [3.05, 3.63) is 34.9 Å². The van der Waals surface area contributed by atoms with E-state index < -0.39 is 6.10 Å². The van der Waals surface area contributed by atoms with Gasteiger partial charge in [0.2, 0.25) is 0 Å². The largest absolute Gasteiger partial charge is 0.495 e. The number of hydrogen-bond acceptors (Lipinski definition) is 4. The predicted octanol–water partition coefficient (Wildman–Crippen LogP) is 1.69. The molecule has 0 bridgehead atoms. The number of hydrogen-bond donors (Lipinski definition) is 1. The Balaban J connectivity index is 2.34. The lowest BCUT2D eigenvalue weighted by atomic mass is 10.0. The van der Waals surface area contributed by atoms with Gasteiger partial charge >= 0.3 is 0 Å². The molecule has 0 amide bonds. The molecule has 1 unspecified atom stereocenters. The first-order valence-corrected chi connectivity index (χ1v) is 5.56. The zero-order valence-corrected chi connectivity index (χ0v) is 9.60. The summed E-state index contributed by atoms with van der Waals surface area (Å²) in [4.78, 5) is 0. The molecule has 2 rings (SSSR count). The van der Waals surface area contributed by atoms with E-state index in [0.29, 0.717) is 12.4 Å². The number of ether oxygens (including phenoxy) is 1. The smallest absolute Gasteiger partial charge is 0.138 e. The lowest BCUT2D eigenvalue weighted by molar-refractivity contribution is 0.118. The van der Waals surface area contributed by atoms with Crippen LogP contribution in [0.3, 0.4) is 0 Å². The van der Waals surface area contributed by atoms with Crippen molar-refractivity contribution in [1.29, 1.82) is 0 Å². The zero-order chi connectivity index (χ0) is 11.5. The summed E-state index contributed by atoms with van der Waals surface area (Å²) < 4.78 is 5.37. The molecule has 1 aromatic rings. The van der Waals surface area contributed by atoms with Gasteiger partial charge in [-0.3, -0.25) is 0 Å². The molecule has 1 aliphatic heterocycles. The number of aliphatic hydroxyl groups excluding tert-OH is 1. The Morgan fingerprint density at radius 1 is 1.50 bits per heavy atom. The molecular formula is C12H16N2O2. The van der Waals surface area contributed by atoms with Gasteiger partial charge in [0, 0.05) is 12.0 Å². The molecule has 0 aromatic carbocycles. The first-order valence-electron chi connectivity index (χ1n) is 5.56. The molecule has 0 saturated heterocycles. The fourth-order valence-electron chi connectivity index (χ4n) is 1.83. The number of aliphatic hydroxyl groups is 1. The molecule has 86 valence electrons. The van der Waals surface area contributed by atoms with Gasteiger partial charge in [0.05, 0.1) is 18.0 Å². The minimum Gasteiger partial charge on any atom is -0.495 e. The summed E-state index contributed by atoms with van der Waals surface area (Å²) in [5.41, 5.74) is 2.45. The third kappa shape index (κ3) is 2.07. The number of aromatic nitrogens is 2. The quantitative estimate of drug-likeness (QED) is 0.842. The van der Waals surface area contributed by atoms with Gasteiger partial charge in [0.25, 0.3) is 0 Å². The molecule has 1 N–H and O–H groups in total. The maximum atomic E-state index is 10.2. The van der Waals surface area contributed by atoms with Crippen molar-refractivity contribution in [1.82, 2.24) is 10.2 Å². The highest BCUT2D eigenvalue weighted by molar-refractivity contribution is 5.29. The second-order valence-corrected chi connectivity index (χ2v) is 3.89. The van der Waals surface area contributed by atoms with Crippen LogP contribution >= 0.6 is 0 Å². The Morgan fingerprint density at radius 3 is 2.94 bits per heavy atom. The lowest BCUT2D eigenvalue weighted by Crippen LogP contribution is -2.09. The second kappa shape index (κ2) is 4.61. The van der Waals surface area contributed by atoms with Crippen LogP contribution in [0.25, 0.3) is 0 Å². The van der Waals surface area contributed by atoms with Gasteiger partial charge in [0.15, 0.2) is 0 Å². The van der Waals surface area contributed by atoms with E-state index in [9.17, 15) is 5.11 Å². The van der Waals surface area contributed by atoms with Crippen LogP contribution in [0.2, 0.25) is 0 Å². The summed E-state index contributed by atoms with van der Waals surface area (Å²) in [6.45, 7) is 4.53. The Bertz CT molecular complexity index is 415. The highest BCUT2D eigenvalue weighted by atomic mass is 16.5. The molecule has 16 heavy (non-hydrogen) atoms. The topological polar surface area (TPSA) is 55.2 Å². The molecule has 0 radical (unpaired) electrons. The summed E-state index contributed by atoms with van der Waals surface area (Å²) in [5, 5.41) is 18.3. The van der Waals surface area contributed by atoms with Crippen molar-refractivity contribution in [3.8, 4) is 0 Å². The van der Waals surface area contributed by atoms with E-state index in [2.05, 4.69) is 10.2 Å². The molecule has 0 fully saturated rings. The van der Waals surface area contributed by atoms with Crippen molar-refractivity contribution < 1.29 is 9.84 Å². The average Bonchev–Trinajstić information content (AvgIpc) is 2.81. The van der Waals surface area contributed by atoms with Crippen LogP contribution < -0.4 is 0 Å². The third-order valence-electron chi connectivity index (χ3n) is 2.66. The summed E-state index contributed by atoms with van der Waals surface area (Å²) in [6.07, 6.45) is 2.85. The van der Waals surface area contributed by atoms with Gasteiger partial charge < -0.3 is 9.84 Å². The number of nitrogens with zero attached hydrogens (tertiary/aromatic N) is 2. The van der Waals surface area contributed by atoms with Gasteiger partial charge in [-0.2, -0.15) is 10.2 Å². The molecule has 0 aliphatic carbocycles. The van der Waals surface area contributed by atoms with Crippen LogP contribution in [0.15, 0.2) is 17.9 Å². The standard InChI is InChI=1S/C12H16N2O2/c1-3-10-9(7-8(2)13-14-10)12(15)11-5-4-6-16-11/h5,7,12,15H,3-4,6H2,1-2H3. The van der Waals surface area contributed by atoms with Crippen molar-refractivity contribution in [3.63, 3.8) is 0 Å². The molecule has 0 spiro atoms. The van der Waals surface area contributed by atoms with Crippen LogP contribution in [-0.4, -0.2) is 21.9 Å².